The van der Waals surface area contributed by atoms with Crippen LogP contribution in [0.2, 0.25) is 0 Å². The molecule has 0 N–H and O–H groups in total. The molecule has 0 spiro atoms. The third kappa shape index (κ3) is 1.57. The van der Waals surface area contributed by atoms with Crippen LogP contribution in [-0.2, 0) is 0 Å². The van der Waals surface area contributed by atoms with Crippen LogP contribution in [0.4, 0.5) is 0 Å². The Morgan fingerprint density at radius 1 is 1.58 bits per heavy atom. The van der Waals surface area contributed by atoms with Crippen molar-refractivity contribution in [3.8, 4) is 0 Å². The van der Waals surface area contributed by atoms with Gasteiger partial charge in [-0.25, -0.2) is 0 Å². The van der Waals surface area contributed by atoms with Crippen LogP contribution in [0.25, 0.3) is 5.57 Å². The quantitative estimate of drug-likeness (QED) is 0.602. The SMILES string of the molecule is Cc1cc(C2=CC(Cl)CC2)cs1. The topological polar surface area (TPSA) is 0 Å². The fourth-order valence-corrected chi connectivity index (χ4v) is 2.52. The van der Waals surface area contributed by atoms with E-state index in [4.69, 9.17) is 11.6 Å². The summed E-state index contributed by atoms with van der Waals surface area (Å²) in [6.07, 6.45) is 4.43. The van der Waals surface area contributed by atoms with E-state index in [9.17, 15) is 0 Å². The summed E-state index contributed by atoms with van der Waals surface area (Å²) >= 11 is 7.80. The number of hydrogen-bond donors (Lipinski definition) is 0. The number of rotatable bonds is 1. The van der Waals surface area contributed by atoms with Gasteiger partial charge in [-0.1, -0.05) is 6.08 Å². The molecule has 1 aliphatic carbocycles. The fraction of sp³-hybridized carbons (Fsp3) is 0.400. The van der Waals surface area contributed by atoms with Gasteiger partial charge in [0.1, 0.15) is 0 Å². The molecular weight excluding hydrogens is 188 g/mol. The highest BCUT2D eigenvalue weighted by atomic mass is 35.5. The van der Waals surface area contributed by atoms with E-state index in [-0.39, 0.29) is 5.38 Å². The lowest BCUT2D eigenvalue weighted by molar-refractivity contribution is 0.942. The first kappa shape index (κ1) is 8.33. The Hall–Kier alpha value is -0.270. The molecule has 2 rings (SSSR count). The van der Waals surface area contributed by atoms with Crippen LogP contribution in [0.5, 0.6) is 0 Å². The van der Waals surface area contributed by atoms with Gasteiger partial charge in [0.25, 0.3) is 0 Å². The zero-order chi connectivity index (χ0) is 8.55. The minimum atomic E-state index is 0.264. The van der Waals surface area contributed by atoms with Gasteiger partial charge in [0.15, 0.2) is 0 Å². The van der Waals surface area contributed by atoms with Gasteiger partial charge in [-0.05, 0) is 42.3 Å². The zero-order valence-corrected chi connectivity index (χ0v) is 8.58. The van der Waals surface area contributed by atoms with E-state index >= 15 is 0 Å². The van der Waals surface area contributed by atoms with Crippen LogP contribution in [-0.4, -0.2) is 5.38 Å². The number of thiophene rings is 1. The molecule has 1 unspecified atom stereocenters. The molecule has 1 aromatic heterocycles. The van der Waals surface area contributed by atoms with Crippen molar-refractivity contribution < 1.29 is 0 Å². The highest BCUT2D eigenvalue weighted by molar-refractivity contribution is 7.10. The maximum atomic E-state index is 5.99. The maximum Gasteiger partial charge on any atom is 0.0525 e. The van der Waals surface area contributed by atoms with Gasteiger partial charge in [-0.3, -0.25) is 0 Å². The largest absolute Gasteiger partial charge is 0.149 e. The van der Waals surface area contributed by atoms with Crippen LogP contribution in [0, 0.1) is 6.92 Å². The van der Waals surface area contributed by atoms with Crippen molar-refractivity contribution >= 4 is 28.5 Å². The van der Waals surface area contributed by atoms with E-state index in [2.05, 4.69) is 24.4 Å². The summed E-state index contributed by atoms with van der Waals surface area (Å²) in [7, 11) is 0. The van der Waals surface area contributed by atoms with Crippen molar-refractivity contribution in [2.24, 2.45) is 0 Å². The summed E-state index contributed by atoms with van der Waals surface area (Å²) < 4.78 is 0. The Labute approximate surface area is 81.9 Å². The summed E-state index contributed by atoms with van der Waals surface area (Å²) in [5.41, 5.74) is 2.81. The average molecular weight is 199 g/mol. The van der Waals surface area contributed by atoms with Gasteiger partial charge in [-0.2, -0.15) is 0 Å². The molecule has 0 radical (unpaired) electrons. The van der Waals surface area contributed by atoms with Crippen molar-refractivity contribution in [3.63, 3.8) is 0 Å². The van der Waals surface area contributed by atoms with E-state index in [1.807, 2.05) is 11.3 Å². The van der Waals surface area contributed by atoms with Crippen LogP contribution >= 0.6 is 22.9 Å². The second-order valence-electron chi connectivity index (χ2n) is 3.19. The molecule has 0 aromatic carbocycles. The Kier molecular flexibility index (Phi) is 2.24. The number of allylic oxidation sites excluding steroid dienone is 2. The predicted molar refractivity (Wildman–Crippen MR) is 55.9 cm³/mol. The number of hydrogen-bond acceptors (Lipinski definition) is 1. The molecule has 0 saturated carbocycles. The van der Waals surface area contributed by atoms with Crippen molar-refractivity contribution in [3.05, 3.63) is 28.0 Å². The van der Waals surface area contributed by atoms with E-state index < -0.39 is 0 Å². The molecule has 1 heterocycles. The van der Waals surface area contributed by atoms with Gasteiger partial charge >= 0.3 is 0 Å². The van der Waals surface area contributed by atoms with E-state index in [0.717, 1.165) is 12.8 Å². The summed E-state index contributed by atoms with van der Waals surface area (Å²) in [4.78, 5) is 1.38. The monoisotopic (exact) mass is 198 g/mol. The molecule has 1 aromatic rings. The minimum Gasteiger partial charge on any atom is -0.149 e. The van der Waals surface area contributed by atoms with Gasteiger partial charge in [0.2, 0.25) is 0 Å². The highest BCUT2D eigenvalue weighted by Crippen LogP contribution is 2.32. The summed E-state index contributed by atoms with van der Waals surface area (Å²) in [6.45, 7) is 2.14. The molecule has 0 amide bonds. The first-order valence-electron chi connectivity index (χ1n) is 4.16. The lowest BCUT2D eigenvalue weighted by Crippen LogP contribution is -1.81. The van der Waals surface area contributed by atoms with Gasteiger partial charge in [-0.15, -0.1) is 22.9 Å². The van der Waals surface area contributed by atoms with Gasteiger partial charge < -0.3 is 0 Å². The smallest absolute Gasteiger partial charge is 0.0525 e. The molecular formula is C10H11ClS. The summed E-state index contributed by atoms with van der Waals surface area (Å²) in [5, 5.41) is 2.48. The summed E-state index contributed by atoms with van der Waals surface area (Å²) in [5.74, 6) is 0. The van der Waals surface area contributed by atoms with Crippen LogP contribution in [0.3, 0.4) is 0 Å². The van der Waals surface area contributed by atoms with E-state index in [1.165, 1.54) is 16.0 Å². The number of aryl methyl sites for hydroxylation is 1. The van der Waals surface area contributed by atoms with Crippen molar-refractivity contribution in [2.45, 2.75) is 25.1 Å². The number of alkyl halides is 1. The van der Waals surface area contributed by atoms with Crippen LogP contribution < -0.4 is 0 Å². The lowest BCUT2D eigenvalue weighted by Gasteiger charge is -1.94. The third-order valence-electron chi connectivity index (χ3n) is 2.17. The molecule has 64 valence electrons. The second kappa shape index (κ2) is 3.23. The lowest BCUT2D eigenvalue weighted by atomic mass is 10.1. The van der Waals surface area contributed by atoms with Crippen molar-refractivity contribution in [2.75, 3.05) is 0 Å². The molecule has 1 aliphatic rings. The van der Waals surface area contributed by atoms with E-state index in [0.29, 0.717) is 0 Å². The molecule has 1 atom stereocenters. The third-order valence-corrected chi connectivity index (χ3v) is 3.38. The van der Waals surface area contributed by atoms with Crippen LogP contribution in [0.1, 0.15) is 23.3 Å². The first-order valence-corrected chi connectivity index (χ1v) is 5.47. The molecule has 0 bridgehead atoms. The fourth-order valence-electron chi connectivity index (χ4n) is 1.53. The Morgan fingerprint density at radius 3 is 2.92 bits per heavy atom. The van der Waals surface area contributed by atoms with E-state index in [1.54, 1.807) is 0 Å². The zero-order valence-electron chi connectivity index (χ0n) is 7.01. The molecule has 12 heavy (non-hydrogen) atoms. The standard InChI is InChI=1S/C10H11ClS/c1-7-4-9(6-12-7)8-2-3-10(11)5-8/h4-6,10H,2-3H2,1H3. The number of halogens is 1. The second-order valence-corrected chi connectivity index (χ2v) is 4.87. The average Bonchev–Trinajstić information content (AvgIpc) is 2.58. The Balaban J connectivity index is 2.26. The molecule has 0 fully saturated rings. The Bertz CT molecular complexity index is 311. The maximum absolute atomic E-state index is 5.99. The molecule has 0 saturated heterocycles. The predicted octanol–water partition coefficient (Wildman–Crippen LogP) is 3.84. The molecule has 2 heteroatoms. The van der Waals surface area contributed by atoms with Crippen molar-refractivity contribution in [1.82, 2.24) is 0 Å². The normalized spacial score (nSPS) is 22.8. The summed E-state index contributed by atoms with van der Waals surface area (Å²) in [6, 6.07) is 2.24. The Morgan fingerprint density at radius 2 is 2.42 bits per heavy atom. The van der Waals surface area contributed by atoms with Gasteiger partial charge in [0.05, 0.1) is 5.38 Å². The molecule has 0 aliphatic heterocycles. The minimum absolute atomic E-state index is 0.264. The first-order chi connectivity index (χ1) is 5.75. The highest BCUT2D eigenvalue weighted by Gasteiger charge is 2.14. The van der Waals surface area contributed by atoms with Gasteiger partial charge in [0, 0.05) is 4.88 Å². The van der Waals surface area contributed by atoms with Crippen LogP contribution in [0.15, 0.2) is 17.5 Å². The molecule has 0 nitrogen and oxygen atoms in total. The van der Waals surface area contributed by atoms with Crippen molar-refractivity contribution in [1.29, 1.82) is 0 Å².